The number of carbonyl (C=O) groups is 1. The molecular formula is C32H42N4O4. The zero-order valence-corrected chi connectivity index (χ0v) is 24.3. The molecular weight excluding hydrogens is 504 g/mol. The summed E-state index contributed by atoms with van der Waals surface area (Å²) in [6.45, 7) is 6.77. The van der Waals surface area contributed by atoms with Gasteiger partial charge in [-0.3, -0.25) is 0 Å². The predicted octanol–water partition coefficient (Wildman–Crippen LogP) is 5.75. The molecule has 0 spiro atoms. The summed E-state index contributed by atoms with van der Waals surface area (Å²) in [7, 11) is 1.74. The van der Waals surface area contributed by atoms with Gasteiger partial charge in [-0.2, -0.15) is 4.98 Å². The van der Waals surface area contributed by atoms with Crippen molar-refractivity contribution in [2.45, 2.75) is 97.0 Å². The zero-order chi connectivity index (χ0) is 28.3. The first-order valence-corrected chi connectivity index (χ1v) is 14.8. The molecule has 2 aromatic heterocycles. The molecule has 1 saturated carbocycles. The first kappa shape index (κ1) is 28.3. The van der Waals surface area contributed by atoms with Crippen molar-refractivity contribution in [2.24, 2.45) is 5.92 Å². The molecule has 8 nitrogen and oxygen atoms in total. The maximum Gasteiger partial charge on any atom is 0.338 e. The lowest BCUT2D eigenvalue weighted by Gasteiger charge is -2.42. The fraction of sp³-hybridized carbons (Fsp3) is 0.562. The van der Waals surface area contributed by atoms with Crippen LogP contribution in [0.5, 0.6) is 0 Å². The van der Waals surface area contributed by atoms with Crippen LogP contribution in [0.25, 0.3) is 5.78 Å². The van der Waals surface area contributed by atoms with E-state index in [2.05, 4.69) is 40.2 Å². The van der Waals surface area contributed by atoms with Gasteiger partial charge in [-0.1, -0.05) is 38.0 Å². The Hall–Kier alpha value is -3.26. The number of rotatable bonds is 11. The van der Waals surface area contributed by atoms with Crippen molar-refractivity contribution in [3.63, 3.8) is 0 Å². The minimum atomic E-state index is -0.700. The maximum atomic E-state index is 13.5. The molecule has 2 aliphatic rings. The number of fused-ring (bicyclic) bond motifs is 1. The van der Waals surface area contributed by atoms with E-state index in [-0.39, 0.29) is 23.7 Å². The average Bonchev–Trinajstić information content (AvgIpc) is 3.61. The van der Waals surface area contributed by atoms with E-state index in [0.717, 1.165) is 69.4 Å². The third-order valence-electron chi connectivity index (χ3n) is 8.74. The Labute approximate surface area is 236 Å². The van der Waals surface area contributed by atoms with Gasteiger partial charge in [0.15, 0.2) is 5.82 Å². The van der Waals surface area contributed by atoms with Crippen molar-refractivity contribution in [3.05, 3.63) is 69.5 Å². The molecule has 1 N–H and O–H groups in total. The molecule has 5 rings (SSSR count). The van der Waals surface area contributed by atoms with Crippen LogP contribution in [0.3, 0.4) is 0 Å². The van der Waals surface area contributed by atoms with Crippen LogP contribution in [0.1, 0.15) is 85.8 Å². The molecule has 1 unspecified atom stereocenters. The van der Waals surface area contributed by atoms with Gasteiger partial charge >= 0.3 is 5.97 Å². The first-order valence-electron chi connectivity index (χ1n) is 14.8. The van der Waals surface area contributed by atoms with E-state index in [1.807, 2.05) is 19.9 Å². The second kappa shape index (κ2) is 12.1. The highest BCUT2D eigenvalue weighted by Gasteiger charge is 2.48. The summed E-state index contributed by atoms with van der Waals surface area (Å²) >= 11 is 0. The molecule has 1 aliphatic carbocycles. The van der Waals surface area contributed by atoms with Crippen molar-refractivity contribution in [2.75, 3.05) is 13.7 Å². The number of hydrogen-bond donors (Lipinski definition) is 1. The number of aliphatic hydroxyl groups is 1. The van der Waals surface area contributed by atoms with Crippen LogP contribution in [0, 0.1) is 19.8 Å². The van der Waals surface area contributed by atoms with Crippen molar-refractivity contribution >= 4 is 11.7 Å². The number of methoxy groups -OCH3 is 1. The van der Waals surface area contributed by atoms with E-state index >= 15 is 0 Å². The number of aryl methyl sites for hydroxylation is 5. The monoisotopic (exact) mass is 546 g/mol. The minimum absolute atomic E-state index is 0.116. The molecule has 8 heteroatoms. The quantitative estimate of drug-likeness (QED) is 0.242. The van der Waals surface area contributed by atoms with E-state index < -0.39 is 11.6 Å². The highest BCUT2D eigenvalue weighted by Crippen LogP contribution is 2.46. The fourth-order valence-corrected chi connectivity index (χ4v) is 6.56. The maximum absolute atomic E-state index is 13.5. The molecule has 0 amide bonds. The first-order chi connectivity index (χ1) is 19.3. The Morgan fingerprint density at radius 2 is 1.93 bits per heavy atom. The van der Waals surface area contributed by atoms with E-state index in [4.69, 9.17) is 9.47 Å². The van der Waals surface area contributed by atoms with Crippen LogP contribution < -0.4 is 0 Å². The molecule has 0 bridgehead atoms. The van der Waals surface area contributed by atoms with Crippen molar-refractivity contribution in [1.82, 2.24) is 19.6 Å². The lowest BCUT2D eigenvalue weighted by molar-refractivity contribution is -0.167. The summed E-state index contributed by atoms with van der Waals surface area (Å²) in [5.41, 5.74) is 5.28. The number of hydrogen-bond acceptors (Lipinski definition) is 7. The molecule has 1 atom stereocenters. The van der Waals surface area contributed by atoms with E-state index in [1.54, 1.807) is 11.6 Å². The third kappa shape index (κ3) is 5.92. The Bertz CT molecular complexity index is 1410. The number of aliphatic hydroxyl groups excluding tert-OH is 1. The smallest absolute Gasteiger partial charge is 0.338 e. The Morgan fingerprint density at radius 3 is 2.65 bits per heavy atom. The zero-order valence-electron chi connectivity index (χ0n) is 24.3. The molecule has 3 heterocycles. The van der Waals surface area contributed by atoms with Crippen molar-refractivity contribution in [3.8, 4) is 0 Å². The number of cyclic esters (lactones) is 1. The van der Waals surface area contributed by atoms with Crippen LogP contribution in [-0.2, 0) is 40.0 Å². The Morgan fingerprint density at radius 1 is 1.12 bits per heavy atom. The number of aromatic nitrogens is 4. The highest BCUT2D eigenvalue weighted by atomic mass is 16.6. The lowest BCUT2D eigenvalue weighted by atomic mass is 9.76. The van der Waals surface area contributed by atoms with Crippen molar-refractivity contribution in [1.29, 1.82) is 0 Å². The summed E-state index contributed by atoms with van der Waals surface area (Å²) in [6, 6.07) is 8.70. The van der Waals surface area contributed by atoms with E-state index in [1.165, 1.54) is 16.7 Å². The normalized spacial score (nSPS) is 20.1. The van der Waals surface area contributed by atoms with Gasteiger partial charge in [0.1, 0.15) is 11.4 Å². The minimum Gasteiger partial charge on any atom is -0.512 e. The number of esters is 1. The largest absolute Gasteiger partial charge is 0.512 e. The number of benzene rings is 1. The van der Waals surface area contributed by atoms with Gasteiger partial charge in [-0.25, -0.2) is 14.3 Å². The SMILES string of the molecule is CCc1ccc(CCCOC)c(CCC2(C3CCCC3)CC(O)=C(Cc3nc4nc(C)cc(C)n4n3)C(=O)O2)c1. The van der Waals surface area contributed by atoms with Gasteiger partial charge in [0.05, 0.1) is 5.57 Å². The third-order valence-corrected chi connectivity index (χ3v) is 8.74. The van der Waals surface area contributed by atoms with E-state index in [0.29, 0.717) is 24.4 Å². The molecule has 1 fully saturated rings. The summed E-state index contributed by atoms with van der Waals surface area (Å²) in [4.78, 5) is 22.5. The number of ether oxygens (including phenoxy) is 2. The van der Waals surface area contributed by atoms with Crippen molar-refractivity contribution < 1.29 is 19.4 Å². The van der Waals surface area contributed by atoms with E-state index in [9.17, 15) is 9.90 Å². The standard InChI is InChI=1S/C32H42N4O4/c1-5-23-12-13-24(9-8-16-39-4)25(18-23)14-15-32(26-10-6-7-11-26)20-28(37)27(30(38)40-32)19-29-34-31-33-21(2)17-22(3)36(31)35-29/h12-13,17-18,26,37H,5-11,14-16,19-20H2,1-4H3. The van der Waals surface area contributed by atoms with Crippen LogP contribution >= 0.6 is 0 Å². The molecule has 214 valence electrons. The van der Waals surface area contributed by atoms with Gasteiger partial charge in [0.25, 0.3) is 5.78 Å². The molecule has 0 saturated heterocycles. The summed E-state index contributed by atoms with van der Waals surface area (Å²) in [5.74, 6) is 0.857. The predicted molar refractivity (Wildman–Crippen MR) is 153 cm³/mol. The number of nitrogens with zero attached hydrogens (tertiary/aromatic N) is 4. The molecule has 0 radical (unpaired) electrons. The van der Waals surface area contributed by atoms with Crippen LogP contribution in [-0.4, -0.2) is 50.0 Å². The van der Waals surface area contributed by atoms with Crippen LogP contribution in [0.4, 0.5) is 0 Å². The molecule has 3 aromatic rings. The van der Waals surface area contributed by atoms with Gasteiger partial charge in [-0.05, 0) is 87.5 Å². The summed E-state index contributed by atoms with van der Waals surface area (Å²) in [6.07, 6.45) is 9.17. The average molecular weight is 547 g/mol. The van der Waals surface area contributed by atoms with Crippen LogP contribution in [0.15, 0.2) is 35.6 Å². The topological polar surface area (TPSA) is 98.8 Å². The van der Waals surface area contributed by atoms with Gasteiger partial charge in [-0.15, -0.1) is 5.10 Å². The lowest BCUT2D eigenvalue weighted by Crippen LogP contribution is -2.46. The summed E-state index contributed by atoms with van der Waals surface area (Å²) in [5, 5.41) is 15.9. The number of carbonyl (C=O) groups excluding carboxylic acids is 1. The fourth-order valence-electron chi connectivity index (χ4n) is 6.56. The second-order valence-electron chi connectivity index (χ2n) is 11.5. The van der Waals surface area contributed by atoms with Crippen LogP contribution in [0.2, 0.25) is 0 Å². The molecule has 1 aliphatic heterocycles. The Balaban J connectivity index is 1.40. The van der Waals surface area contributed by atoms with Gasteiger partial charge < -0.3 is 14.6 Å². The van der Waals surface area contributed by atoms with Gasteiger partial charge in [0, 0.05) is 37.9 Å². The van der Waals surface area contributed by atoms with Gasteiger partial charge in [0.2, 0.25) is 0 Å². The highest BCUT2D eigenvalue weighted by molar-refractivity contribution is 5.90. The summed E-state index contributed by atoms with van der Waals surface area (Å²) < 4.78 is 13.4. The second-order valence-corrected chi connectivity index (χ2v) is 11.5. The molecule has 40 heavy (non-hydrogen) atoms. The Kier molecular flexibility index (Phi) is 8.54. The molecule has 1 aromatic carbocycles.